The number of carbonyl (C=O) groups is 2. The van der Waals surface area contributed by atoms with Crippen molar-refractivity contribution in [2.24, 2.45) is 0 Å². The second kappa shape index (κ2) is 7.43. The Morgan fingerprint density at radius 1 is 1.50 bits per heavy atom. The van der Waals surface area contributed by atoms with Crippen LogP contribution in [0.25, 0.3) is 0 Å². The summed E-state index contributed by atoms with van der Waals surface area (Å²) in [4.78, 5) is 21.1. The lowest BCUT2D eigenvalue weighted by Gasteiger charge is -2.00. The molecule has 0 aliphatic heterocycles. The Kier molecular flexibility index (Phi) is 7.29. The minimum atomic E-state index is -0.0423. The fourth-order valence-electron chi connectivity index (χ4n) is 0.524. The number of carbonyl (C=O) groups excluding carboxylic acids is 2. The molecule has 0 bridgehead atoms. The summed E-state index contributed by atoms with van der Waals surface area (Å²) in [5, 5.41) is 2.63. The quantitative estimate of drug-likeness (QED) is 0.517. The first-order valence-corrected chi connectivity index (χ1v) is 5.25. The molecule has 0 unspecified atom stereocenters. The number of amides is 1. The molecule has 1 amide bonds. The molecule has 0 spiro atoms. The molecular weight excluding hydrogens is 198 g/mol. The first-order valence-electron chi connectivity index (χ1n) is 3.56. The number of hydrogen-bond donors (Lipinski definition) is 1. The van der Waals surface area contributed by atoms with Crippen molar-refractivity contribution in [2.75, 3.05) is 23.9 Å². The molecule has 0 aromatic carbocycles. The third-order valence-corrected chi connectivity index (χ3v) is 2.35. The molecule has 0 heterocycles. The first kappa shape index (κ1) is 11.8. The Balaban J connectivity index is 3.11. The minimum Gasteiger partial charge on any atom is -0.356 e. The molecule has 5 heteroatoms. The van der Waals surface area contributed by atoms with Crippen LogP contribution in [0.5, 0.6) is 0 Å². The molecule has 0 rings (SSSR count). The monoisotopic (exact) mass is 209 g/mol. The molecule has 0 saturated carbocycles. The highest BCUT2D eigenvalue weighted by molar-refractivity contribution is 7.99. The second-order valence-corrected chi connectivity index (χ2v) is 3.58. The summed E-state index contributed by atoms with van der Waals surface area (Å²) in [5.74, 6) is 1.25. The fourth-order valence-corrected chi connectivity index (χ4v) is 1.45. The summed E-state index contributed by atoms with van der Waals surface area (Å²) >= 11 is 6.76. The predicted octanol–water partition coefficient (Wildman–Crippen LogP) is 0.664. The SMILES string of the molecule is CC(=O)NCCSCC(=O)CCl. The van der Waals surface area contributed by atoms with Gasteiger partial charge in [-0.15, -0.1) is 11.6 Å². The molecule has 0 atom stereocenters. The van der Waals surface area contributed by atoms with Crippen LogP contribution >= 0.6 is 23.4 Å². The molecule has 0 radical (unpaired) electrons. The third kappa shape index (κ3) is 7.88. The fraction of sp³-hybridized carbons (Fsp3) is 0.714. The van der Waals surface area contributed by atoms with Crippen molar-refractivity contribution in [1.82, 2.24) is 5.32 Å². The summed E-state index contributed by atoms with van der Waals surface area (Å²) in [5.41, 5.74) is 0. The lowest BCUT2D eigenvalue weighted by atomic mass is 10.5. The number of ketones is 1. The molecule has 0 fully saturated rings. The Labute approximate surface area is 81.2 Å². The maximum Gasteiger partial charge on any atom is 0.216 e. The van der Waals surface area contributed by atoms with Crippen molar-refractivity contribution in [3.8, 4) is 0 Å². The molecular formula is C7H12ClNO2S. The Morgan fingerprint density at radius 3 is 2.67 bits per heavy atom. The van der Waals surface area contributed by atoms with Gasteiger partial charge in [-0.05, 0) is 0 Å². The average Bonchev–Trinajstić information content (AvgIpc) is 2.03. The van der Waals surface area contributed by atoms with E-state index >= 15 is 0 Å². The number of halogens is 1. The zero-order chi connectivity index (χ0) is 9.40. The van der Waals surface area contributed by atoms with Gasteiger partial charge in [0.15, 0.2) is 5.78 Å². The smallest absolute Gasteiger partial charge is 0.216 e. The molecule has 0 aliphatic rings. The number of hydrogen-bond acceptors (Lipinski definition) is 3. The van der Waals surface area contributed by atoms with E-state index in [0.717, 1.165) is 5.75 Å². The number of Topliss-reactive ketones (excluding diaryl/α,β-unsaturated/α-hetero) is 1. The summed E-state index contributed by atoms with van der Waals surface area (Å²) in [7, 11) is 0. The van der Waals surface area contributed by atoms with Crippen LogP contribution in [0.4, 0.5) is 0 Å². The summed E-state index contributed by atoms with van der Waals surface area (Å²) in [6.07, 6.45) is 0. The third-order valence-electron chi connectivity index (χ3n) is 1.03. The van der Waals surface area contributed by atoms with Crippen molar-refractivity contribution < 1.29 is 9.59 Å². The van der Waals surface area contributed by atoms with Crippen LogP contribution in [-0.2, 0) is 9.59 Å². The topological polar surface area (TPSA) is 46.2 Å². The molecule has 3 nitrogen and oxygen atoms in total. The lowest BCUT2D eigenvalue weighted by Crippen LogP contribution is -2.22. The summed E-state index contributed by atoms with van der Waals surface area (Å²) in [6, 6.07) is 0. The first-order chi connectivity index (χ1) is 5.66. The van der Waals surface area contributed by atoms with Crippen LogP contribution in [-0.4, -0.2) is 35.6 Å². The van der Waals surface area contributed by atoms with Crippen LogP contribution in [0.2, 0.25) is 0 Å². The van der Waals surface area contributed by atoms with Crippen molar-refractivity contribution in [3.05, 3.63) is 0 Å². The molecule has 70 valence electrons. The van der Waals surface area contributed by atoms with Crippen molar-refractivity contribution in [1.29, 1.82) is 0 Å². The van der Waals surface area contributed by atoms with Gasteiger partial charge in [0.25, 0.3) is 0 Å². The number of nitrogens with one attached hydrogen (secondary N) is 1. The highest BCUT2D eigenvalue weighted by Crippen LogP contribution is 1.98. The van der Waals surface area contributed by atoms with Crippen molar-refractivity contribution in [3.63, 3.8) is 0 Å². The van der Waals surface area contributed by atoms with Gasteiger partial charge >= 0.3 is 0 Å². The molecule has 0 saturated heterocycles. The highest BCUT2D eigenvalue weighted by atomic mass is 35.5. The van der Waals surface area contributed by atoms with E-state index in [-0.39, 0.29) is 17.6 Å². The van der Waals surface area contributed by atoms with Crippen molar-refractivity contribution in [2.45, 2.75) is 6.92 Å². The number of rotatable bonds is 6. The largest absolute Gasteiger partial charge is 0.356 e. The maximum absolute atomic E-state index is 10.7. The van der Waals surface area contributed by atoms with Crippen LogP contribution in [0.15, 0.2) is 0 Å². The van der Waals surface area contributed by atoms with Crippen molar-refractivity contribution >= 4 is 35.1 Å². The van der Waals surface area contributed by atoms with Gasteiger partial charge in [0, 0.05) is 19.2 Å². The van der Waals surface area contributed by atoms with E-state index in [1.165, 1.54) is 18.7 Å². The van der Waals surface area contributed by atoms with E-state index in [1.807, 2.05) is 0 Å². The van der Waals surface area contributed by atoms with E-state index < -0.39 is 0 Å². The maximum atomic E-state index is 10.7. The minimum absolute atomic E-state index is 0.0319. The predicted molar refractivity (Wildman–Crippen MR) is 51.7 cm³/mol. The van der Waals surface area contributed by atoms with E-state index in [1.54, 1.807) is 0 Å². The van der Waals surface area contributed by atoms with Gasteiger partial charge in [-0.1, -0.05) is 0 Å². The molecule has 0 aromatic rings. The Hall–Kier alpha value is -0.220. The van der Waals surface area contributed by atoms with E-state index in [4.69, 9.17) is 11.6 Å². The van der Waals surface area contributed by atoms with Crippen LogP contribution in [0.3, 0.4) is 0 Å². The normalized spacial score (nSPS) is 9.50. The lowest BCUT2D eigenvalue weighted by molar-refractivity contribution is -0.118. The summed E-state index contributed by atoms with van der Waals surface area (Å²) < 4.78 is 0. The molecule has 1 N–H and O–H groups in total. The number of alkyl halides is 1. The van der Waals surface area contributed by atoms with E-state index in [0.29, 0.717) is 12.3 Å². The standard InChI is InChI=1S/C7H12ClNO2S/c1-6(10)9-2-3-12-5-7(11)4-8/h2-5H2,1H3,(H,9,10). The summed E-state index contributed by atoms with van der Waals surface area (Å²) in [6.45, 7) is 2.07. The van der Waals surface area contributed by atoms with Gasteiger partial charge in [0.05, 0.1) is 11.6 Å². The zero-order valence-corrected chi connectivity index (χ0v) is 8.50. The second-order valence-electron chi connectivity index (χ2n) is 2.21. The van der Waals surface area contributed by atoms with Gasteiger partial charge in [-0.25, -0.2) is 0 Å². The zero-order valence-electron chi connectivity index (χ0n) is 6.93. The van der Waals surface area contributed by atoms with Gasteiger partial charge in [-0.2, -0.15) is 11.8 Å². The van der Waals surface area contributed by atoms with E-state index in [2.05, 4.69) is 5.32 Å². The molecule has 12 heavy (non-hydrogen) atoms. The van der Waals surface area contributed by atoms with Crippen LogP contribution in [0, 0.1) is 0 Å². The van der Waals surface area contributed by atoms with E-state index in [9.17, 15) is 9.59 Å². The van der Waals surface area contributed by atoms with Gasteiger partial charge in [0.2, 0.25) is 5.91 Å². The average molecular weight is 210 g/mol. The molecule has 0 aromatic heterocycles. The molecule has 0 aliphatic carbocycles. The van der Waals surface area contributed by atoms with Crippen LogP contribution in [0.1, 0.15) is 6.92 Å². The van der Waals surface area contributed by atoms with Gasteiger partial charge in [0.1, 0.15) is 0 Å². The number of thioether (sulfide) groups is 1. The Bertz CT molecular complexity index is 163. The highest BCUT2D eigenvalue weighted by Gasteiger charge is 1.98. The van der Waals surface area contributed by atoms with Gasteiger partial charge in [-0.3, -0.25) is 9.59 Å². The Morgan fingerprint density at radius 2 is 2.17 bits per heavy atom. The van der Waals surface area contributed by atoms with Gasteiger partial charge < -0.3 is 5.32 Å². The van der Waals surface area contributed by atoms with Crippen LogP contribution < -0.4 is 5.32 Å².